The number of fused-ring (bicyclic) bond motifs is 2. The molecule has 4 nitrogen and oxygen atoms in total. The lowest BCUT2D eigenvalue weighted by atomic mass is 10.0. The SMILES string of the molecule is c1cc2c(cc1-c1ccc3c(n1)OCCNC3)OCCC2. The molecule has 0 unspecified atom stereocenters. The Labute approximate surface area is 124 Å². The van der Waals surface area contributed by atoms with E-state index >= 15 is 0 Å². The minimum Gasteiger partial charge on any atom is -0.493 e. The van der Waals surface area contributed by atoms with E-state index in [1.807, 2.05) is 0 Å². The number of hydrogen-bond acceptors (Lipinski definition) is 4. The fourth-order valence-corrected chi connectivity index (χ4v) is 2.83. The van der Waals surface area contributed by atoms with Crippen LogP contribution in [-0.2, 0) is 13.0 Å². The van der Waals surface area contributed by atoms with Crippen LogP contribution in [-0.4, -0.2) is 24.7 Å². The third-order valence-corrected chi connectivity index (χ3v) is 3.98. The van der Waals surface area contributed by atoms with Crippen LogP contribution in [0.2, 0.25) is 0 Å². The molecule has 21 heavy (non-hydrogen) atoms. The van der Waals surface area contributed by atoms with Crippen molar-refractivity contribution in [3.63, 3.8) is 0 Å². The fraction of sp³-hybridized carbons (Fsp3) is 0.353. The van der Waals surface area contributed by atoms with Gasteiger partial charge in [-0.25, -0.2) is 4.98 Å². The molecule has 0 saturated heterocycles. The largest absolute Gasteiger partial charge is 0.493 e. The molecule has 0 saturated carbocycles. The molecule has 2 aromatic rings. The summed E-state index contributed by atoms with van der Waals surface area (Å²) in [5.74, 6) is 1.74. The van der Waals surface area contributed by atoms with Gasteiger partial charge in [0.1, 0.15) is 12.4 Å². The number of hydrogen-bond donors (Lipinski definition) is 1. The van der Waals surface area contributed by atoms with Crippen molar-refractivity contribution in [1.29, 1.82) is 0 Å². The molecular formula is C17H18N2O2. The first-order valence-electron chi connectivity index (χ1n) is 7.50. The fourth-order valence-electron chi connectivity index (χ4n) is 2.83. The van der Waals surface area contributed by atoms with E-state index in [1.54, 1.807) is 0 Å². The average molecular weight is 282 g/mol. The molecule has 2 aliphatic heterocycles. The van der Waals surface area contributed by atoms with Gasteiger partial charge in [-0.05, 0) is 30.5 Å². The van der Waals surface area contributed by atoms with Crippen LogP contribution in [0, 0.1) is 0 Å². The topological polar surface area (TPSA) is 43.4 Å². The van der Waals surface area contributed by atoms with Gasteiger partial charge in [0, 0.05) is 24.2 Å². The summed E-state index contributed by atoms with van der Waals surface area (Å²) in [7, 11) is 0. The third kappa shape index (κ3) is 2.47. The van der Waals surface area contributed by atoms with Gasteiger partial charge in [0.15, 0.2) is 0 Å². The van der Waals surface area contributed by atoms with Crippen molar-refractivity contribution in [2.24, 2.45) is 0 Å². The monoisotopic (exact) mass is 282 g/mol. The van der Waals surface area contributed by atoms with Crippen LogP contribution < -0.4 is 14.8 Å². The minimum absolute atomic E-state index is 0.663. The highest BCUT2D eigenvalue weighted by atomic mass is 16.5. The van der Waals surface area contributed by atoms with E-state index in [0.717, 1.165) is 61.0 Å². The van der Waals surface area contributed by atoms with Crippen molar-refractivity contribution in [3.05, 3.63) is 41.5 Å². The first-order chi connectivity index (χ1) is 10.4. The molecule has 0 aliphatic carbocycles. The number of rotatable bonds is 1. The number of aryl methyl sites for hydroxylation is 1. The van der Waals surface area contributed by atoms with E-state index < -0.39 is 0 Å². The molecule has 4 rings (SSSR count). The number of nitrogens with zero attached hydrogens (tertiary/aromatic N) is 1. The number of aromatic nitrogens is 1. The highest BCUT2D eigenvalue weighted by molar-refractivity contribution is 5.64. The van der Waals surface area contributed by atoms with Crippen LogP contribution in [0.1, 0.15) is 17.5 Å². The zero-order chi connectivity index (χ0) is 14.1. The highest BCUT2D eigenvalue weighted by Crippen LogP contribution is 2.31. The smallest absolute Gasteiger partial charge is 0.218 e. The second kappa shape index (κ2) is 5.37. The zero-order valence-electron chi connectivity index (χ0n) is 11.9. The van der Waals surface area contributed by atoms with Crippen molar-refractivity contribution in [3.8, 4) is 22.9 Å². The van der Waals surface area contributed by atoms with Gasteiger partial charge >= 0.3 is 0 Å². The predicted molar refractivity (Wildman–Crippen MR) is 80.7 cm³/mol. The lowest BCUT2D eigenvalue weighted by Gasteiger charge is -2.18. The van der Waals surface area contributed by atoms with Crippen LogP contribution in [0.5, 0.6) is 11.6 Å². The maximum absolute atomic E-state index is 5.75. The molecule has 3 heterocycles. The standard InChI is InChI=1S/C17H18N2O2/c1-2-12-3-4-13(10-16(12)20-8-1)15-6-5-14-11-18-7-9-21-17(14)19-15/h3-6,10,18H,1-2,7-9,11H2. The quantitative estimate of drug-likeness (QED) is 0.873. The van der Waals surface area contributed by atoms with Gasteiger partial charge in [0.25, 0.3) is 0 Å². The second-order valence-electron chi connectivity index (χ2n) is 5.46. The summed E-state index contributed by atoms with van der Waals surface area (Å²) in [5, 5.41) is 3.32. The Morgan fingerprint density at radius 1 is 1.00 bits per heavy atom. The van der Waals surface area contributed by atoms with Crippen LogP contribution in [0.4, 0.5) is 0 Å². The Bertz CT molecular complexity index is 670. The van der Waals surface area contributed by atoms with Crippen LogP contribution in [0.25, 0.3) is 11.3 Å². The Hall–Kier alpha value is -2.07. The molecule has 0 radical (unpaired) electrons. The number of ether oxygens (including phenoxy) is 2. The Morgan fingerprint density at radius 3 is 2.95 bits per heavy atom. The van der Waals surface area contributed by atoms with Crippen molar-refractivity contribution in [2.75, 3.05) is 19.8 Å². The van der Waals surface area contributed by atoms with Gasteiger partial charge in [0.05, 0.1) is 12.3 Å². The lowest BCUT2D eigenvalue weighted by Crippen LogP contribution is -2.16. The first kappa shape index (κ1) is 12.7. The summed E-state index contributed by atoms with van der Waals surface area (Å²) in [6, 6.07) is 10.5. The summed E-state index contributed by atoms with van der Waals surface area (Å²) in [4.78, 5) is 4.67. The summed E-state index contributed by atoms with van der Waals surface area (Å²) >= 11 is 0. The molecule has 1 aromatic heterocycles. The van der Waals surface area contributed by atoms with Crippen molar-refractivity contribution in [2.45, 2.75) is 19.4 Å². The summed E-state index contributed by atoms with van der Waals surface area (Å²) in [6.45, 7) is 3.15. The number of benzene rings is 1. The van der Waals surface area contributed by atoms with E-state index in [4.69, 9.17) is 9.47 Å². The summed E-state index contributed by atoms with van der Waals surface area (Å²) < 4.78 is 11.5. The van der Waals surface area contributed by atoms with E-state index in [2.05, 4.69) is 40.6 Å². The highest BCUT2D eigenvalue weighted by Gasteiger charge is 2.14. The predicted octanol–water partition coefficient (Wildman–Crippen LogP) is 2.56. The molecule has 108 valence electrons. The maximum Gasteiger partial charge on any atom is 0.218 e. The number of pyridine rings is 1. The molecule has 1 aromatic carbocycles. The van der Waals surface area contributed by atoms with Crippen molar-refractivity contribution < 1.29 is 9.47 Å². The van der Waals surface area contributed by atoms with Crippen LogP contribution in [0.3, 0.4) is 0 Å². The summed E-state index contributed by atoms with van der Waals surface area (Å²) in [6.07, 6.45) is 2.20. The van der Waals surface area contributed by atoms with Crippen molar-refractivity contribution in [1.82, 2.24) is 10.3 Å². The molecule has 0 spiro atoms. The van der Waals surface area contributed by atoms with Crippen molar-refractivity contribution >= 4 is 0 Å². The third-order valence-electron chi connectivity index (χ3n) is 3.98. The Kier molecular flexibility index (Phi) is 3.24. The molecule has 2 aliphatic rings. The molecule has 0 amide bonds. The first-order valence-corrected chi connectivity index (χ1v) is 7.50. The zero-order valence-corrected chi connectivity index (χ0v) is 11.9. The molecule has 0 bridgehead atoms. The lowest BCUT2D eigenvalue weighted by molar-refractivity contribution is 0.288. The van der Waals surface area contributed by atoms with Crippen LogP contribution >= 0.6 is 0 Å². The van der Waals surface area contributed by atoms with Gasteiger partial charge in [-0.1, -0.05) is 18.2 Å². The number of nitrogens with one attached hydrogen (secondary N) is 1. The summed E-state index contributed by atoms with van der Waals surface area (Å²) in [5.41, 5.74) is 4.43. The Balaban J connectivity index is 1.71. The van der Waals surface area contributed by atoms with Gasteiger partial charge in [-0.15, -0.1) is 0 Å². The van der Waals surface area contributed by atoms with Gasteiger partial charge in [-0.2, -0.15) is 0 Å². The average Bonchev–Trinajstić information content (AvgIpc) is 2.79. The Morgan fingerprint density at radius 2 is 1.95 bits per heavy atom. The normalized spacial score (nSPS) is 17.0. The van der Waals surface area contributed by atoms with E-state index in [0.29, 0.717) is 6.61 Å². The second-order valence-corrected chi connectivity index (χ2v) is 5.46. The minimum atomic E-state index is 0.663. The molecule has 4 heteroatoms. The van der Waals surface area contributed by atoms with Gasteiger partial charge in [-0.3, -0.25) is 0 Å². The van der Waals surface area contributed by atoms with E-state index in [1.165, 1.54) is 5.56 Å². The van der Waals surface area contributed by atoms with Crippen LogP contribution in [0.15, 0.2) is 30.3 Å². The van der Waals surface area contributed by atoms with Gasteiger partial charge in [0.2, 0.25) is 5.88 Å². The maximum atomic E-state index is 5.75. The van der Waals surface area contributed by atoms with E-state index in [9.17, 15) is 0 Å². The molecule has 0 fully saturated rings. The molecule has 1 N–H and O–H groups in total. The molecule has 0 atom stereocenters. The van der Waals surface area contributed by atoms with E-state index in [-0.39, 0.29) is 0 Å². The van der Waals surface area contributed by atoms with Gasteiger partial charge < -0.3 is 14.8 Å². The molecular weight excluding hydrogens is 264 g/mol.